The van der Waals surface area contributed by atoms with Crippen LogP contribution in [0.15, 0.2) is 24.3 Å². The highest BCUT2D eigenvalue weighted by Gasteiger charge is 2.39. The zero-order valence-electron chi connectivity index (χ0n) is 12.3. The third kappa shape index (κ3) is 4.08. The Morgan fingerprint density at radius 2 is 1.71 bits per heavy atom. The lowest BCUT2D eigenvalue weighted by molar-refractivity contribution is -0.134. The van der Waals surface area contributed by atoms with Crippen molar-refractivity contribution in [1.29, 1.82) is 0 Å². The molecule has 130 valence electrons. The van der Waals surface area contributed by atoms with Crippen molar-refractivity contribution in [3.8, 4) is 0 Å². The van der Waals surface area contributed by atoms with Gasteiger partial charge in [-0.2, -0.15) is 17.5 Å². The van der Waals surface area contributed by atoms with Gasteiger partial charge >= 0.3 is 12.1 Å². The summed E-state index contributed by atoms with van der Waals surface area (Å²) in [6.45, 7) is 0.759. The Morgan fingerprint density at radius 1 is 1.12 bits per heavy atom. The molecule has 0 spiro atoms. The smallest absolute Gasteiger partial charge is 0.428 e. The van der Waals surface area contributed by atoms with Gasteiger partial charge in [0.2, 0.25) is 0 Å². The van der Waals surface area contributed by atoms with E-state index in [1.165, 1.54) is 24.3 Å². The largest absolute Gasteiger partial charge is 0.478 e. The highest BCUT2D eigenvalue weighted by atomic mass is 32.1. The van der Waals surface area contributed by atoms with E-state index < -0.39 is 28.5 Å². The zero-order chi connectivity index (χ0) is 18.1. The van der Waals surface area contributed by atoms with Gasteiger partial charge in [-0.25, -0.2) is 13.6 Å². The van der Waals surface area contributed by atoms with Gasteiger partial charge in [-0.3, -0.25) is 0 Å². The molecule has 1 N–H and O–H groups in total. The summed E-state index contributed by atoms with van der Waals surface area (Å²) >= 11 is 0.0974. The summed E-state index contributed by atoms with van der Waals surface area (Å²) < 4.78 is 68.2. The maximum absolute atomic E-state index is 13.1. The summed E-state index contributed by atoms with van der Waals surface area (Å²) in [5.74, 6) is -4.67. The van der Waals surface area contributed by atoms with Crippen molar-refractivity contribution < 1.29 is 31.9 Å². The van der Waals surface area contributed by atoms with Crippen molar-refractivity contribution in [2.45, 2.75) is 31.9 Å². The van der Waals surface area contributed by atoms with Gasteiger partial charge in [0, 0.05) is 12.5 Å². The maximum Gasteiger partial charge on any atom is 0.428 e. The number of hydrogen-bond acceptors (Lipinski definition) is 3. The predicted molar refractivity (Wildman–Crippen MR) is 77.5 cm³/mol. The summed E-state index contributed by atoms with van der Waals surface area (Å²) in [6.07, 6.45) is -4.62. The SMILES string of the molecule is CC(F)(F)c1ccc(CCc2nsc(C(F)(F)F)c2C(=O)O)cc1. The molecule has 0 saturated heterocycles. The van der Waals surface area contributed by atoms with Gasteiger partial charge in [0.15, 0.2) is 0 Å². The Labute approximate surface area is 137 Å². The molecule has 9 heteroatoms. The fourth-order valence-corrected chi connectivity index (χ4v) is 2.92. The van der Waals surface area contributed by atoms with E-state index in [1.807, 2.05) is 0 Å². The molecule has 0 amide bonds. The van der Waals surface area contributed by atoms with E-state index in [4.69, 9.17) is 5.11 Å². The van der Waals surface area contributed by atoms with Crippen LogP contribution >= 0.6 is 11.5 Å². The number of aryl methyl sites for hydroxylation is 2. The molecule has 2 aromatic rings. The van der Waals surface area contributed by atoms with E-state index >= 15 is 0 Å². The number of carboxylic acids is 1. The molecule has 0 unspecified atom stereocenters. The molecule has 0 atom stereocenters. The number of carbonyl (C=O) groups is 1. The van der Waals surface area contributed by atoms with Crippen molar-refractivity contribution in [1.82, 2.24) is 4.37 Å². The molecular weight excluding hydrogens is 353 g/mol. The Hall–Kier alpha value is -2.03. The molecule has 3 nitrogen and oxygen atoms in total. The van der Waals surface area contributed by atoms with Crippen LogP contribution < -0.4 is 0 Å². The van der Waals surface area contributed by atoms with Crippen LogP contribution in [0, 0.1) is 0 Å². The van der Waals surface area contributed by atoms with E-state index in [-0.39, 0.29) is 35.6 Å². The van der Waals surface area contributed by atoms with Gasteiger partial charge < -0.3 is 5.11 Å². The van der Waals surface area contributed by atoms with Crippen LogP contribution in [-0.4, -0.2) is 15.4 Å². The van der Waals surface area contributed by atoms with Gasteiger partial charge in [-0.1, -0.05) is 24.3 Å². The van der Waals surface area contributed by atoms with Gasteiger partial charge in [0.05, 0.1) is 5.69 Å². The van der Waals surface area contributed by atoms with Crippen molar-refractivity contribution in [3.05, 3.63) is 51.5 Å². The Morgan fingerprint density at radius 3 is 2.17 bits per heavy atom. The number of nitrogens with zero attached hydrogens (tertiary/aromatic N) is 1. The number of halogens is 5. The molecule has 1 heterocycles. The monoisotopic (exact) mass is 365 g/mol. The number of aromatic nitrogens is 1. The lowest BCUT2D eigenvalue weighted by Gasteiger charge is -2.11. The molecular formula is C15H12F5NO2S. The van der Waals surface area contributed by atoms with Gasteiger partial charge in [-0.15, -0.1) is 0 Å². The van der Waals surface area contributed by atoms with Crippen LogP contribution in [0.1, 0.15) is 39.0 Å². The zero-order valence-corrected chi connectivity index (χ0v) is 13.1. The maximum atomic E-state index is 13.1. The van der Waals surface area contributed by atoms with Crippen molar-refractivity contribution in [3.63, 3.8) is 0 Å². The quantitative estimate of drug-likeness (QED) is 0.778. The number of alkyl halides is 5. The molecule has 0 aliphatic heterocycles. The molecule has 0 saturated carbocycles. The number of rotatable bonds is 5. The lowest BCUT2D eigenvalue weighted by atomic mass is 10.0. The molecule has 1 aromatic heterocycles. The third-order valence-electron chi connectivity index (χ3n) is 3.35. The molecule has 1 aromatic carbocycles. The van der Waals surface area contributed by atoms with E-state index in [0.29, 0.717) is 5.56 Å². The minimum Gasteiger partial charge on any atom is -0.478 e. The summed E-state index contributed by atoms with van der Waals surface area (Å²) in [5, 5.41) is 9.01. The van der Waals surface area contributed by atoms with Crippen LogP contribution in [0.4, 0.5) is 22.0 Å². The minimum atomic E-state index is -4.78. The standard InChI is InChI=1S/C15H12F5NO2S/c1-14(16,17)9-5-2-8(3-6-9)4-7-10-11(13(22)23)12(24-21-10)15(18,19)20/h2-3,5-6H,4,7H2,1H3,(H,22,23). The molecule has 0 aliphatic rings. The highest BCUT2D eigenvalue weighted by Crippen LogP contribution is 2.37. The highest BCUT2D eigenvalue weighted by molar-refractivity contribution is 7.06. The summed E-state index contributed by atoms with van der Waals surface area (Å²) in [5.41, 5.74) is -0.583. The predicted octanol–water partition coefficient (Wildman–Crippen LogP) is 4.76. The van der Waals surface area contributed by atoms with Crippen LogP contribution in [0.2, 0.25) is 0 Å². The number of aromatic carboxylic acids is 1. The van der Waals surface area contributed by atoms with E-state index in [9.17, 15) is 26.7 Å². The molecule has 0 radical (unpaired) electrons. The fraction of sp³-hybridized carbons (Fsp3) is 0.333. The third-order valence-corrected chi connectivity index (χ3v) is 4.28. The van der Waals surface area contributed by atoms with Gasteiger partial charge in [0.1, 0.15) is 10.4 Å². The molecule has 0 bridgehead atoms. The Kier molecular flexibility index (Phi) is 4.93. The first-order valence-corrected chi connectivity index (χ1v) is 7.53. The first kappa shape index (κ1) is 18.3. The van der Waals surface area contributed by atoms with Crippen molar-refractivity contribution in [2.24, 2.45) is 0 Å². The first-order valence-electron chi connectivity index (χ1n) is 6.76. The average Bonchev–Trinajstić information content (AvgIpc) is 2.88. The van der Waals surface area contributed by atoms with Gasteiger partial charge in [0.25, 0.3) is 5.92 Å². The van der Waals surface area contributed by atoms with Gasteiger partial charge in [-0.05, 0) is 29.9 Å². The molecule has 0 fully saturated rings. The van der Waals surface area contributed by atoms with Crippen molar-refractivity contribution in [2.75, 3.05) is 0 Å². The Balaban J connectivity index is 2.18. The van der Waals surface area contributed by atoms with Crippen LogP contribution in [0.3, 0.4) is 0 Å². The number of carboxylic acid groups (broad SMARTS) is 1. The fourth-order valence-electron chi connectivity index (χ4n) is 2.13. The van der Waals surface area contributed by atoms with Crippen LogP contribution in [0.25, 0.3) is 0 Å². The first-order chi connectivity index (χ1) is 11.0. The van der Waals surface area contributed by atoms with Crippen LogP contribution in [-0.2, 0) is 24.9 Å². The summed E-state index contributed by atoms with van der Waals surface area (Å²) in [4.78, 5) is 9.86. The topological polar surface area (TPSA) is 50.2 Å². The normalized spacial score (nSPS) is 12.4. The second-order valence-corrected chi connectivity index (χ2v) is 5.99. The number of benzene rings is 1. The Bertz CT molecular complexity index is 732. The van der Waals surface area contributed by atoms with E-state index in [2.05, 4.69) is 4.37 Å². The number of hydrogen-bond donors (Lipinski definition) is 1. The van der Waals surface area contributed by atoms with E-state index in [0.717, 1.165) is 6.92 Å². The second kappa shape index (κ2) is 6.46. The second-order valence-electron chi connectivity index (χ2n) is 5.22. The summed E-state index contributed by atoms with van der Waals surface area (Å²) in [6, 6.07) is 5.33. The molecule has 24 heavy (non-hydrogen) atoms. The molecule has 2 rings (SSSR count). The lowest BCUT2D eigenvalue weighted by Crippen LogP contribution is -2.11. The minimum absolute atomic E-state index is 0.0317. The molecule has 0 aliphatic carbocycles. The summed E-state index contributed by atoms with van der Waals surface area (Å²) in [7, 11) is 0. The van der Waals surface area contributed by atoms with Crippen molar-refractivity contribution >= 4 is 17.5 Å². The average molecular weight is 365 g/mol. The van der Waals surface area contributed by atoms with E-state index in [1.54, 1.807) is 0 Å². The van der Waals surface area contributed by atoms with Crippen LogP contribution in [0.5, 0.6) is 0 Å².